The predicted molar refractivity (Wildman–Crippen MR) is 123 cm³/mol. The normalized spacial score (nSPS) is 19.4. The third-order valence-corrected chi connectivity index (χ3v) is 6.44. The number of hydrogen-bond donors (Lipinski definition) is 3. The van der Waals surface area contributed by atoms with Crippen LogP contribution in [0.4, 0.5) is 5.69 Å². The molecule has 0 saturated carbocycles. The number of aromatic amines is 1. The Bertz CT molecular complexity index is 1130. The lowest BCUT2D eigenvalue weighted by molar-refractivity contribution is -0.141. The Kier molecular flexibility index (Phi) is 5.57. The van der Waals surface area contributed by atoms with Crippen LogP contribution >= 0.6 is 0 Å². The molecule has 1 atom stereocenters. The Morgan fingerprint density at radius 1 is 1.06 bits per heavy atom. The van der Waals surface area contributed by atoms with Gasteiger partial charge in [-0.05, 0) is 49.4 Å². The van der Waals surface area contributed by atoms with E-state index in [9.17, 15) is 14.7 Å². The van der Waals surface area contributed by atoms with Gasteiger partial charge in [0, 0.05) is 42.4 Å². The number of carbonyl (C=O) groups is 2. The van der Waals surface area contributed by atoms with E-state index in [1.807, 2.05) is 42.5 Å². The summed E-state index contributed by atoms with van der Waals surface area (Å²) in [6.45, 7) is 1.90. The van der Waals surface area contributed by atoms with Crippen molar-refractivity contribution in [3.8, 4) is 11.3 Å². The number of nitrogens with zero attached hydrogens (tertiary/aromatic N) is 1. The van der Waals surface area contributed by atoms with Crippen molar-refractivity contribution < 1.29 is 19.4 Å². The molecule has 166 valence electrons. The average molecular weight is 434 g/mol. The van der Waals surface area contributed by atoms with Crippen LogP contribution in [0.3, 0.4) is 0 Å². The first-order valence-electron chi connectivity index (χ1n) is 11.2. The molecule has 32 heavy (non-hydrogen) atoms. The monoisotopic (exact) mass is 433 g/mol. The summed E-state index contributed by atoms with van der Waals surface area (Å²) in [6.07, 6.45) is 3.01. The van der Waals surface area contributed by atoms with Crippen LogP contribution in [-0.4, -0.2) is 58.7 Å². The molecule has 0 aliphatic carbocycles. The highest BCUT2D eigenvalue weighted by Crippen LogP contribution is 2.32. The van der Waals surface area contributed by atoms with Gasteiger partial charge >= 0.3 is 5.97 Å². The molecular weight excluding hydrogens is 406 g/mol. The van der Waals surface area contributed by atoms with E-state index in [1.165, 1.54) is 4.90 Å². The molecule has 1 amide bonds. The maximum Gasteiger partial charge on any atom is 0.326 e. The molecule has 7 nitrogen and oxygen atoms in total. The predicted octanol–water partition coefficient (Wildman–Crippen LogP) is 4.12. The number of carbonyl (C=O) groups excluding carboxylic acids is 1. The molecule has 2 aliphatic heterocycles. The molecule has 2 saturated heterocycles. The second-order valence-electron chi connectivity index (χ2n) is 8.56. The number of likely N-dealkylation sites (tertiary alicyclic amines) is 1. The third-order valence-electron chi connectivity index (χ3n) is 6.44. The minimum atomic E-state index is -0.939. The molecule has 0 radical (unpaired) electrons. The molecule has 2 fully saturated rings. The summed E-state index contributed by atoms with van der Waals surface area (Å²) in [6, 6.07) is 15.4. The third kappa shape index (κ3) is 3.96. The standard InChI is InChI=1S/C25H27N3O4/c29-24(28-10-4-7-22(28)25(30)31)18-13-17-14-20(16-5-2-1-3-6-16)27-23(17)21(15-18)26-19-8-11-32-12-9-19/h1-3,5-6,13-15,19,22,26-27H,4,7-12H2,(H,30,31)/t22-/m1/s1. The van der Waals surface area contributed by atoms with Crippen LogP contribution in [0, 0.1) is 0 Å². The van der Waals surface area contributed by atoms with Crippen molar-refractivity contribution in [2.45, 2.75) is 37.8 Å². The molecule has 3 N–H and O–H groups in total. The van der Waals surface area contributed by atoms with Crippen molar-refractivity contribution in [1.29, 1.82) is 0 Å². The highest BCUT2D eigenvalue weighted by Gasteiger charge is 2.34. The van der Waals surface area contributed by atoms with Gasteiger partial charge in [-0.1, -0.05) is 30.3 Å². The zero-order chi connectivity index (χ0) is 22.1. The van der Waals surface area contributed by atoms with Crippen molar-refractivity contribution in [2.75, 3.05) is 25.1 Å². The number of anilines is 1. The van der Waals surface area contributed by atoms with Crippen molar-refractivity contribution in [1.82, 2.24) is 9.88 Å². The van der Waals surface area contributed by atoms with Gasteiger partial charge < -0.3 is 25.0 Å². The zero-order valence-electron chi connectivity index (χ0n) is 17.8. The second kappa shape index (κ2) is 8.67. The zero-order valence-corrected chi connectivity index (χ0v) is 17.8. The fraction of sp³-hybridized carbons (Fsp3) is 0.360. The van der Waals surface area contributed by atoms with E-state index in [-0.39, 0.29) is 11.9 Å². The number of H-pyrrole nitrogens is 1. The number of carboxylic acid groups (broad SMARTS) is 1. The first-order chi connectivity index (χ1) is 15.6. The SMILES string of the molecule is O=C(O)[C@H]1CCCN1C(=O)c1cc(NC2CCOCC2)c2[nH]c(-c3ccccc3)cc2c1. The van der Waals surface area contributed by atoms with Gasteiger partial charge in [0.15, 0.2) is 0 Å². The van der Waals surface area contributed by atoms with Gasteiger partial charge in [-0.25, -0.2) is 4.79 Å². The molecule has 2 aliphatic rings. The minimum absolute atomic E-state index is 0.228. The summed E-state index contributed by atoms with van der Waals surface area (Å²) in [5.74, 6) is -1.17. The van der Waals surface area contributed by atoms with E-state index < -0.39 is 12.0 Å². The molecule has 1 aromatic heterocycles. The van der Waals surface area contributed by atoms with Gasteiger partial charge in [0.05, 0.1) is 11.2 Å². The summed E-state index contributed by atoms with van der Waals surface area (Å²) in [4.78, 5) is 30.0. The van der Waals surface area contributed by atoms with Crippen molar-refractivity contribution in [3.63, 3.8) is 0 Å². The van der Waals surface area contributed by atoms with E-state index in [0.29, 0.717) is 38.2 Å². The summed E-state index contributed by atoms with van der Waals surface area (Å²) in [5, 5.41) is 14.1. The van der Waals surface area contributed by atoms with Crippen molar-refractivity contribution >= 4 is 28.5 Å². The van der Waals surface area contributed by atoms with Gasteiger partial charge in [0.2, 0.25) is 0 Å². The smallest absolute Gasteiger partial charge is 0.326 e. The number of rotatable bonds is 5. The Labute approximate surface area is 186 Å². The molecule has 0 unspecified atom stereocenters. The second-order valence-corrected chi connectivity index (χ2v) is 8.56. The van der Waals surface area contributed by atoms with Crippen LogP contribution in [0.15, 0.2) is 48.5 Å². The van der Waals surface area contributed by atoms with Gasteiger partial charge in [0.1, 0.15) is 6.04 Å². The maximum atomic E-state index is 13.3. The maximum absolute atomic E-state index is 13.3. The lowest BCUT2D eigenvalue weighted by Crippen LogP contribution is -2.40. The summed E-state index contributed by atoms with van der Waals surface area (Å²) < 4.78 is 5.49. The first kappa shape index (κ1) is 20.6. The molecule has 3 aromatic rings. The van der Waals surface area contributed by atoms with E-state index in [2.05, 4.69) is 16.4 Å². The van der Waals surface area contributed by atoms with Crippen molar-refractivity contribution in [3.05, 3.63) is 54.1 Å². The number of amides is 1. The van der Waals surface area contributed by atoms with Crippen LogP contribution in [-0.2, 0) is 9.53 Å². The Balaban J connectivity index is 1.55. The highest BCUT2D eigenvalue weighted by atomic mass is 16.5. The number of aliphatic carboxylic acids is 1. The number of benzene rings is 2. The molecule has 7 heteroatoms. The lowest BCUT2D eigenvalue weighted by atomic mass is 10.1. The van der Waals surface area contributed by atoms with E-state index in [4.69, 9.17) is 4.74 Å². The van der Waals surface area contributed by atoms with Crippen LogP contribution < -0.4 is 5.32 Å². The Hall–Kier alpha value is -3.32. The van der Waals surface area contributed by atoms with Crippen LogP contribution in [0.1, 0.15) is 36.0 Å². The van der Waals surface area contributed by atoms with Gasteiger partial charge in [-0.15, -0.1) is 0 Å². The summed E-state index contributed by atoms with van der Waals surface area (Å²) >= 11 is 0. The fourth-order valence-electron chi connectivity index (χ4n) is 4.75. The van der Waals surface area contributed by atoms with Crippen LogP contribution in [0.25, 0.3) is 22.2 Å². The molecule has 2 aromatic carbocycles. The number of hydrogen-bond acceptors (Lipinski definition) is 4. The number of carboxylic acids is 1. The highest BCUT2D eigenvalue weighted by molar-refractivity contribution is 6.04. The number of aromatic nitrogens is 1. The molecule has 3 heterocycles. The lowest BCUT2D eigenvalue weighted by Gasteiger charge is -2.25. The number of nitrogens with one attached hydrogen (secondary N) is 2. The Morgan fingerprint density at radius 2 is 1.84 bits per heavy atom. The summed E-state index contributed by atoms with van der Waals surface area (Å²) in [5.41, 5.74) is 4.37. The number of fused-ring (bicyclic) bond motifs is 1. The van der Waals surface area contributed by atoms with Crippen molar-refractivity contribution in [2.24, 2.45) is 0 Å². The van der Waals surface area contributed by atoms with Gasteiger partial charge in [0.25, 0.3) is 5.91 Å². The van der Waals surface area contributed by atoms with E-state index in [1.54, 1.807) is 0 Å². The largest absolute Gasteiger partial charge is 0.480 e. The van der Waals surface area contributed by atoms with E-state index in [0.717, 1.165) is 40.7 Å². The van der Waals surface area contributed by atoms with Crippen LogP contribution in [0.5, 0.6) is 0 Å². The quantitative estimate of drug-likeness (QED) is 0.563. The molecular formula is C25H27N3O4. The fourth-order valence-corrected chi connectivity index (χ4v) is 4.75. The Morgan fingerprint density at radius 3 is 2.59 bits per heavy atom. The average Bonchev–Trinajstić information content (AvgIpc) is 3.47. The molecule has 0 spiro atoms. The molecule has 5 rings (SSSR count). The van der Waals surface area contributed by atoms with E-state index >= 15 is 0 Å². The van der Waals surface area contributed by atoms with Crippen LogP contribution in [0.2, 0.25) is 0 Å². The topological polar surface area (TPSA) is 94.7 Å². The first-order valence-corrected chi connectivity index (χ1v) is 11.2. The minimum Gasteiger partial charge on any atom is -0.480 e. The van der Waals surface area contributed by atoms with Gasteiger partial charge in [-0.2, -0.15) is 0 Å². The summed E-state index contributed by atoms with van der Waals surface area (Å²) in [7, 11) is 0. The molecule has 0 bridgehead atoms. The van der Waals surface area contributed by atoms with Gasteiger partial charge in [-0.3, -0.25) is 4.79 Å². The number of ether oxygens (including phenoxy) is 1.